The molecule has 2 unspecified atom stereocenters. The van der Waals surface area contributed by atoms with Crippen molar-refractivity contribution in [1.82, 2.24) is 9.80 Å². The Morgan fingerprint density at radius 2 is 1.78 bits per heavy atom. The average molecular weight is 258 g/mol. The number of aliphatic carboxylic acids is 1. The molecule has 0 saturated heterocycles. The van der Waals surface area contributed by atoms with E-state index in [0.717, 1.165) is 6.42 Å². The second-order valence-corrected chi connectivity index (χ2v) is 4.91. The highest BCUT2D eigenvalue weighted by atomic mass is 16.4. The molecule has 0 aromatic rings. The number of carboxylic acid groups (broad SMARTS) is 1. The molecule has 0 aliphatic rings. The normalized spacial score (nSPS) is 13.8. The van der Waals surface area contributed by atoms with Gasteiger partial charge in [0.1, 0.15) is 0 Å². The molecule has 106 valence electrons. The molecule has 2 atom stereocenters. The highest BCUT2D eigenvalue weighted by Crippen LogP contribution is 2.10. The van der Waals surface area contributed by atoms with Gasteiger partial charge >= 0.3 is 12.0 Å². The minimum atomic E-state index is -0.877. The number of carbonyl (C=O) groups excluding carboxylic acids is 1. The minimum absolute atomic E-state index is 0.0171. The lowest BCUT2D eigenvalue weighted by molar-refractivity contribution is -0.138. The third-order valence-corrected chi connectivity index (χ3v) is 3.20. The van der Waals surface area contributed by atoms with Crippen LogP contribution in [0.1, 0.15) is 40.5 Å². The van der Waals surface area contributed by atoms with Crippen LogP contribution in [0.3, 0.4) is 0 Å². The van der Waals surface area contributed by atoms with Gasteiger partial charge in [0.25, 0.3) is 0 Å². The summed E-state index contributed by atoms with van der Waals surface area (Å²) in [6, 6.07) is -0.370. The second kappa shape index (κ2) is 7.95. The molecule has 0 aromatic heterocycles. The monoisotopic (exact) mass is 258 g/mol. The molecule has 0 fully saturated rings. The molecule has 0 aromatic carbocycles. The smallest absolute Gasteiger partial charge is 0.319 e. The van der Waals surface area contributed by atoms with Crippen molar-refractivity contribution in [2.24, 2.45) is 5.92 Å². The summed E-state index contributed by atoms with van der Waals surface area (Å²) < 4.78 is 0. The Labute approximate surface area is 110 Å². The number of hydrogen-bond donors (Lipinski definition) is 1. The highest BCUT2D eigenvalue weighted by molar-refractivity contribution is 5.75. The Hall–Kier alpha value is -1.26. The summed E-state index contributed by atoms with van der Waals surface area (Å²) in [5.41, 5.74) is 0. The van der Waals surface area contributed by atoms with Gasteiger partial charge < -0.3 is 14.9 Å². The van der Waals surface area contributed by atoms with Crippen molar-refractivity contribution in [3.63, 3.8) is 0 Å². The van der Waals surface area contributed by atoms with Crippen molar-refractivity contribution < 1.29 is 14.7 Å². The zero-order valence-electron chi connectivity index (χ0n) is 12.1. The molecule has 5 heteroatoms. The topological polar surface area (TPSA) is 60.9 Å². The van der Waals surface area contributed by atoms with Crippen LogP contribution >= 0.6 is 0 Å². The van der Waals surface area contributed by atoms with Gasteiger partial charge in [0, 0.05) is 26.2 Å². The zero-order chi connectivity index (χ0) is 14.3. The van der Waals surface area contributed by atoms with Crippen molar-refractivity contribution in [1.29, 1.82) is 0 Å². The molecule has 0 spiro atoms. The van der Waals surface area contributed by atoms with Crippen LogP contribution in [0.4, 0.5) is 4.79 Å². The first-order valence-electron chi connectivity index (χ1n) is 6.56. The predicted molar refractivity (Wildman–Crippen MR) is 71.6 cm³/mol. The van der Waals surface area contributed by atoms with E-state index in [2.05, 4.69) is 13.8 Å². The fraction of sp³-hybridized carbons (Fsp3) is 0.846. The predicted octanol–water partition coefficient (Wildman–Crippen LogP) is 2.27. The first kappa shape index (κ1) is 16.7. The van der Waals surface area contributed by atoms with Crippen LogP contribution in [-0.2, 0) is 4.79 Å². The van der Waals surface area contributed by atoms with E-state index in [1.807, 2.05) is 6.92 Å². The average Bonchev–Trinajstić information content (AvgIpc) is 2.28. The van der Waals surface area contributed by atoms with E-state index in [4.69, 9.17) is 5.11 Å². The second-order valence-electron chi connectivity index (χ2n) is 4.91. The molecule has 2 amide bonds. The van der Waals surface area contributed by atoms with E-state index in [1.54, 1.807) is 23.8 Å². The van der Waals surface area contributed by atoms with Gasteiger partial charge in [-0.25, -0.2) is 4.79 Å². The van der Waals surface area contributed by atoms with Crippen LogP contribution in [0, 0.1) is 5.92 Å². The number of carbonyl (C=O) groups is 2. The molecule has 0 rings (SSSR count). The van der Waals surface area contributed by atoms with E-state index < -0.39 is 5.97 Å². The van der Waals surface area contributed by atoms with E-state index in [9.17, 15) is 9.59 Å². The van der Waals surface area contributed by atoms with Gasteiger partial charge in [-0.05, 0) is 19.8 Å². The van der Waals surface area contributed by atoms with Crippen LogP contribution in [-0.4, -0.2) is 53.1 Å². The SMILES string of the molecule is CCC(C)CN(C)C(=O)N(CC)C(C)CC(=O)O. The minimum Gasteiger partial charge on any atom is -0.481 e. The lowest BCUT2D eigenvalue weighted by Crippen LogP contribution is -2.47. The van der Waals surface area contributed by atoms with E-state index in [-0.39, 0.29) is 18.5 Å². The fourth-order valence-electron chi connectivity index (χ4n) is 1.89. The van der Waals surface area contributed by atoms with E-state index >= 15 is 0 Å². The van der Waals surface area contributed by atoms with Gasteiger partial charge in [-0.1, -0.05) is 20.3 Å². The maximum absolute atomic E-state index is 12.2. The summed E-state index contributed by atoms with van der Waals surface area (Å²) in [4.78, 5) is 26.2. The van der Waals surface area contributed by atoms with Crippen LogP contribution < -0.4 is 0 Å². The third kappa shape index (κ3) is 5.38. The quantitative estimate of drug-likeness (QED) is 0.762. The summed E-state index contributed by atoms with van der Waals surface area (Å²) in [5, 5.41) is 8.78. The number of carboxylic acids is 1. The molecular formula is C13H26N2O3. The van der Waals surface area contributed by atoms with Gasteiger partial charge in [-0.2, -0.15) is 0 Å². The van der Waals surface area contributed by atoms with Crippen molar-refractivity contribution >= 4 is 12.0 Å². The van der Waals surface area contributed by atoms with Crippen molar-refractivity contribution in [2.45, 2.75) is 46.6 Å². The summed E-state index contributed by atoms with van der Waals surface area (Å²) in [7, 11) is 1.77. The maximum atomic E-state index is 12.2. The van der Waals surface area contributed by atoms with E-state index in [1.165, 1.54) is 0 Å². The molecule has 0 aliphatic carbocycles. The molecule has 0 radical (unpaired) electrons. The summed E-state index contributed by atoms with van der Waals surface area (Å²) in [6.07, 6.45) is 1.01. The number of rotatable bonds is 7. The largest absolute Gasteiger partial charge is 0.481 e. The van der Waals surface area contributed by atoms with Gasteiger partial charge in [0.2, 0.25) is 0 Å². The number of amides is 2. The molecule has 0 aliphatic heterocycles. The standard InChI is InChI=1S/C13H26N2O3/c1-6-10(3)9-14(5)13(18)15(7-2)11(4)8-12(16)17/h10-11H,6-9H2,1-5H3,(H,16,17). The molecule has 1 N–H and O–H groups in total. The van der Waals surface area contributed by atoms with Crippen molar-refractivity contribution in [2.75, 3.05) is 20.1 Å². The summed E-state index contributed by atoms with van der Waals surface area (Å²) >= 11 is 0. The Morgan fingerprint density at radius 1 is 1.22 bits per heavy atom. The Kier molecular flexibility index (Phi) is 7.39. The molecule has 0 bridgehead atoms. The lowest BCUT2D eigenvalue weighted by Gasteiger charge is -2.32. The first-order valence-corrected chi connectivity index (χ1v) is 6.56. The van der Waals surface area contributed by atoms with Gasteiger partial charge in [-0.3, -0.25) is 4.79 Å². The van der Waals surface area contributed by atoms with Crippen LogP contribution in [0.15, 0.2) is 0 Å². The zero-order valence-corrected chi connectivity index (χ0v) is 12.1. The number of hydrogen-bond acceptors (Lipinski definition) is 2. The summed E-state index contributed by atoms with van der Waals surface area (Å²) in [5.74, 6) is -0.425. The van der Waals surface area contributed by atoms with Crippen LogP contribution in [0.5, 0.6) is 0 Å². The first-order chi connectivity index (χ1) is 8.33. The highest BCUT2D eigenvalue weighted by Gasteiger charge is 2.23. The molecule has 18 heavy (non-hydrogen) atoms. The van der Waals surface area contributed by atoms with Crippen LogP contribution in [0.25, 0.3) is 0 Å². The maximum Gasteiger partial charge on any atom is 0.319 e. The Morgan fingerprint density at radius 3 is 2.17 bits per heavy atom. The molecule has 0 heterocycles. The third-order valence-electron chi connectivity index (χ3n) is 3.20. The lowest BCUT2D eigenvalue weighted by atomic mass is 10.1. The number of nitrogens with zero attached hydrogens (tertiary/aromatic N) is 2. The van der Waals surface area contributed by atoms with Crippen LogP contribution in [0.2, 0.25) is 0 Å². The Balaban J connectivity index is 4.54. The number of urea groups is 1. The fourth-order valence-corrected chi connectivity index (χ4v) is 1.89. The van der Waals surface area contributed by atoms with Gasteiger partial charge in [0.05, 0.1) is 6.42 Å². The molecule has 5 nitrogen and oxygen atoms in total. The molecule has 0 saturated carbocycles. The summed E-state index contributed by atoms with van der Waals surface area (Å²) in [6.45, 7) is 9.05. The van der Waals surface area contributed by atoms with Gasteiger partial charge in [0.15, 0.2) is 0 Å². The molecular weight excluding hydrogens is 232 g/mol. The van der Waals surface area contributed by atoms with Crippen molar-refractivity contribution in [3.05, 3.63) is 0 Å². The van der Waals surface area contributed by atoms with E-state index in [0.29, 0.717) is 19.0 Å². The Bertz CT molecular complexity index is 281. The van der Waals surface area contributed by atoms with Gasteiger partial charge in [-0.15, -0.1) is 0 Å². The van der Waals surface area contributed by atoms with Crippen molar-refractivity contribution in [3.8, 4) is 0 Å².